The summed E-state index contributed by atoms with van der Waals surface area (Å²) in [7, 11) is 22.2. The van der Waals surface area contributed by atoms with Crippen molar-refractivity contribution in [1.29, 1.82) is 0 Å². The first-order valence-corrected chi connectivity index (χ1v) is 13.0. The van der Waals surface area contributed by atoms with Crippen LogP contribution >= 0.6 is 0 Å². The van der Waals surface area contributed by atoms with E-state index in [2.05, 4.69) is 57.3 Å². The number of pyridine rings is 1. The minimum Gasteiger partial charge on any atom is -0.380 e. The first-order chi connectivity index (χ1) is 17.5. The number of fused-ring (bicyclic) bond motifs is 1. The van der Waals surface area contributed by atoms with Crippen LogP contribution in [0.5, 0.6) is 0 Å². The zero-order valence-corrected chi connectivity index (χ0v) is 22.5. The van der Waals surface area contributed by atoms with E-state index in [4.69, 9.17) is 34.3 Å². The second kappa shape index (κ2) is 11.3. The third kappa shape index (κ3) is 6.58. The van der Waals surface area contributed by atoms with Crippen molar-refractivity contribution in [1.82, 2.24) is 29.5 Å². The van der Waals surface area contributed by atoms with Crippen LogP contribution in [0.3, 0.4) is 0 Å². The molecule has 37 heavy (non-hydrogen) atoms. The molecule has 6 radical (unpaired) electrons. The Kier molecular flexibility index (Phi) is 8.36. The number of piperidine rings is 1. The Balaban J connectivity index is 1.51. The molecule has 0 amide bonds. The zero-order valence-electron chi connectivity index (χ0n) is 22.5. The summed E-state index contributed by atoms with van der Waals surface area (Å²) in [4.78, 5) is 18.3. The van der Waals surface area contributed by atoms with E-state index in [0.29, 0.717) is 24.4 Å². The predicted octanol–water partition coefficient (Wildman–Crippen LogP) is 1.94. The van der Waals surface area contributed by atoms with Crippen LogP contribution in [0, 0.1) is 12.8 Å². The fourth-order valence-corrected chi connectivity index (χ4v) is 5.13. The highest BCUT2D eigenvalue weighted by Gasteiger charge is 2.24. The van der Waals surface area contributed by atoms with Gasteiger partial charge < -0.3 is 20.9 Å². The Morgan fingerprint density at radius 1 is 1.19 bits per heavy atom. The van der Waals surface area contributed by atoms with E-state index < -0.39 is 11.2 Å². The number of nitrogen functional groups attached to an aromatic ring is 1. The summed E-state index contributed by atoms with van der Waals surface area (Å²) in [5, 5.41) is 6.35. The van der Waals surface area contributed by atoms with Gasteiger partial charge in [0.1, 0.15) is 5.82 Å². The molecule has 1 saturated heterocycles. The summed E-state index contributed by atoms with van der Waals surface area (Å²) in [6.07, 6.45) is 8.20. The lowest BCUT2D eigenvalue weighted by molar-refractivity contribution is 0.284. The van der Waals surface area contributed by atoms with Gasteiger partial charge in [-0.15, -0.1) is 10.2 Å². The van der Waals surface area contributed by atoms with Gasteiger partial charge in [-0.3, -0.25) is 0 Å². The third-order valence-electron chi connectivity index (χ3n) is 6.97. The quantitative estimate of drug-likeness (QED) is 0.412. The molecule has 0 aliphatic carbocycles. The van der Waals surface area contributed by atoms with Crippen LogP contribution in [-0.2, 0) is 6.42 Å². The molecule has 4 heterocycles. The fourth-order valence-electron chi connectivity index (χ4n) is 5.13. The van der Waals surface area contributed by atoms with E-state index >= 15 is 0 Å². The second-order valence-electron chi connectivity index (χ2n) is 10.6. The van der Waals surface area contributed by atoms with Gasteiger partial charge in [0.05, 0.1) is 35.4 Å². The van der Waals surface area contributed by atoms with Crippen LogP contribution in [0.1, 0.15) is 49.4 Å². The van der Waals surface area contributed by atoms with Gasteiger partial charge in [0.2, 0.25) is 5.95 Å². The first-order valence-electron chi connectivity index (χ1n) is 13.0. The summed E-state index contributed by atoms with van der Waals surface area (Å²) >= 11 is 0. The van der Waals surface area contributed by atoms with Crippen molar-refractivity contribution in [2.45, 2.75) is 57.1 Å². The molecule has 4 rings (SSSR count). The first kappa shape index (κ1) is 27.3. The van der Waals surface area contributed by atoms with Crippen molar-refractivity contribution in [2.75, 3.05) is 49.7 Å². The summed E-state index contributed by atoms with van der Waals surface area (Å²) in [5.41, 5.74) is 9.81. The Morgan fingerprint density at radius 2 is 1.92 bits per heavy atom. The molecule has 9 nitrogen and oxygen atoms in total. The number of aromatic nitrogens is 5. The lowest BCUT2D eigenvalue weighted by atomic mass is 9.39. The van der Waals surface area contributed by atoms with E-state index in [-0.39, 0.29) is 5.82 Å². The molecule has 1 aliphatic rings. The van der Waals surface area contributed by atoms with Gasteiger partial charge in [0.15, 0.2) is 11.5 Å². The maximum absolute atomic E-state index is 6.20. The van der Waals surface area contributed by atoms with Crippen molar-refractivity contribution >= 4 is 46.8 Å². The maximum atomic E-state index is 6.20. The molecule has 1 fully saturated rings. The Labute approximate surface area is 224 Å². The van der Waals surface area contributed by atoms with Crippen LogP contribution in [-0.4, -0.2) is 92.8 Å². The van der Waals surface area contributed by atoms with Gasteiger partial charge in [-0.1, -0.05) is 19.4 Å². The van der Waals surface area contributed by atoms with Crippen molar-refractivity contribution in [3.8, 4) is 0 Å². The van der Waals surface area contributed by atoms with Crippen molar-refractivity contribution < 1.29 is 0 Å². The molecule has 1 aliphatic heterocycles. The summed E-state index contributed by atoms with van der Waals surface area (Å²) in [5.74, 6) is 2.38. The number of nitrogens with one attached hydrogen (secondary N) is 1. The predicted molar refractivity (Wildman–Crippen MR) is 153 cm³/mol. The van der Waals surface area contributed by atoms with Crippen LogP contribution in [0.2, 0.25) is 5.11 Å². The van der Waals surface area contributed by atoms with E-state index in [9.17, 15) is 0 Å². The average molecular weight is 495 g/mol. The number of imidazole rings is 1. The SMILES string of the molecule is [B]C([B])([B])C(CCC)Nc1nc(N)c2ncc(Cc3cnc(N4CCC(CN(C)C)CC4)c(C)c3)n2n1. The lowest BCUT2D eigenvalue weighted by Gasteiger charge is -2.34. The smallest absolute Gasteiger partial charge is 0.243 e. The van der Waals surface area contributed by atoms with Gasteiger partial charge >= 0.3 is 0 Å². The number of hydrogen-bond acceptors (Lipinski definition) is 8. The molecule has 12 heteroatoms. The van der Waals surface area contributed by atoms with Gasteiger partial charge in [-0.05, 0) is 57.3 Å². The van der Waals surface area contributed by atoms with Crippen LogP contribution in [0.25, 0.3) is 5.65 Å². The molecule has 3 N–H and O–H groups in total. The number of hydrogen-bond donors (Lipinski definition) is 2. The number of nitrogens with two attached hydrogens (primary N) is 1. The molecule has 3 aromatic heterocycles. The van der Waals surface area contributed by atoms with E-state index in [1.54, 1.807) is 10.7 Å². The summed E-state index contributed by atoms with van der Waals surface area (Å²) < 4.78 is 1.71. The number of anilines is 3. The highest BCUT2D eigenvalue weighted by molar-refractivity contribution is 6.59. The summed E-state index contributed by atoms with van der Waals surface area (Å²) in [6, 6.07) is 1.77. The second-order valence-corrected chi connectivity index (χ2v) is 10.6. The van der Waals surface area contributed by atoms with Gasteiger partial charge in [-0.25, -0.2) is 14.5 Å². The fraction of sp³-hybridized carbons (Fsp3) is 0.600. The normalized spacial score (nSPS) is 16.0. The largest absolute Gasteiger partial charge is 0.380 e. The molecule has 0 saturated carbocycles. The maximum Gasteiger partial charge on any atom is 0.243 e. The highest BCUT2D eigenvalue weighted by atomic mass is 15.3. The molecule has 0 spiro atoms. The molecule has 0 bridgehead atoms. The standard InChI is InChI=1S/C25H36B3N9/c1-5-6-20(25(26,27)28)32-24-33-21(29)23-31-14-19(37(23)34-24)12-18-11-16(2)22(30-13-18)36-9-7-17(8-10-36)15-35(3)4/h11,13-14,17,20H,5-10,12,15H2,1-4H3,(H3,29,32,33,34). The topological polar surface area (TPSA) is 100 Å². The summed E-state index contributed by atoms with van der Waals surface area (Å²) in [6.45, 7) is 7.39. The van der Waals surface area contributed by atoms with E-state index in [0.717, 1.165) is 49.0 Å². The molecule has 1 atom stereocenters. The van der Waals surface area contributed by atoms with Crippen molar-refractivity contribution in [3.05, 3.63) is 35.3 Å². The minimum absolute atomic E-state index is 0.262. The molecule has 1 unspecified atom stereocenters. The monoisotopic (exact) mass is 495 g/mol. The number of aryl methyl sites for hydroxylation is 1. The van der Waals surface area contributed by atoms with Crippen LogP contribution < -0.4 is 16.0 Å². The van der Waals surface area contributed by atoms with Crippen LogP contribution in [0.4, 0.5) is 17.6 Å². The number of rotatable bonds is 10. The third-order valence-corrected chi connectivity index (χ3v) is 6.97. The van der Waals surface area contributed by atoms with Crippen molar-refractivity contribution in [3.63, 3.8) is 0 Å². The molecule has 3 aromatic rings. The Hall–Kier alpha value is -2.75. The molecular weight excluding hydrogens is 459 g/mol. The highest BCUT2D eigenvalue weighted by Crippen LogP contribution is 2.27. The van der Waals surface area contributed by atoms with Gasteiger partial charge in [0, 0.05) is 38.3 Å². The van der Waals surface area contributed by atoms with Crippen LogP contribution in [0.15, 0.2) is 18.5 Å². The Bertz CT molecular complexity index is 1200. The van der Waals surface area contributed by atoms with E-state index in [1.807, 2.05) is 13.1 Å². The van der Waals surface area contributed by atoms with Gasteiger partial charge in [0.25, 0.3) is 0 Å². The lowest BCUT2D eigenvalue weighted by Crippen LogP contribution is -2.37. The Morgan fingerprint density at radius 3 is 2.54 bits per heavy atom. The number of nitrogens with zero attached hydrogens (tertiary/aromatic N) is 7. The average Bonchev–Trinajstić information content (AvgIpc) is 3.22. The zero-order chi connectivity index (χ0) is 26.7. The van der Waals surface area contributed by atoms with Gasteiger partial charge in [-0.2, -0.15) is 4.98 Å². The van der Waals surface area contributed by atoms with E-state index in [1.165, 1.54) is 18.4 Å². The molecule has 190 valence electrons. The van der Waals surface area contributed by atoms with Crippen molar-refractivity contribution in [2.24, 2.45) is 5.92 Å². The molecule has 0 aromatic carbocycles. The molecular formula is C25H36B3N9. The minimum atomic E-state index is -1.42.